The first-order valence-corrected chi connectivity index (χ1v) is 6.73. The van der Waals surface area contributed by atoms with Gasteiger partial charge in [-0.1, -0.05) is 36.4 Å². The predicted octanol–water partition coefficient (Wildman–Crippen LogP) is 3.61. The van der Waals surface area contributed by atoms with Crippen LogP contribution in [0.4, 0.5) is 4.39 Å². The monoisotopic (exact) mass is 268 g/mol. The number of benzene rings is 2. The number of rotatable bonds is 4. The average molecular weight is 268 g/mol. The number of nitrogens with one attached hydrogen (secondary N) is 1. The Morgan fingerprint density at radius 2 is 1.65 bits per heavy atom. The third-order valence-corrected chi connectivity index (χ3v) is 3.57. The zero-order valence-corrected chi connectivity index (χ0v) is 11.4. The van der Waals surface area contributed by atoms with Crippen LogP contribution in [0.25, 0.3) is 10.9 Å². The van der Waals surface area contributed by atoms with E-state index in [2.05, 4.69) is 28.2 Å². The van der Waals surface area contributed by atoms with Crippen LogP contribution in [0.2, 0.25) is 0 Å². The second-order valence-electron chi connectivity index (χ2n) is 4.98. The van der Waals surface area contributed by atoms with Crippen LogP contribution in [-0.4, -0.2) is 4.57 Å². The van der Waals surface area contributed by atoms with Crippen molar-refractivity contribution in [3.8, 4) is 0 Å². The summed E-state index contributed by atoms with van der Waals surface area (Å²) in [6.45, 7) is 1.27. The number of aromatic nitrogens is 1. The molecule has 3 heteroatoms. The number of para-hydroxylation sites is 1. The van der Waals surface area contributed by atoms with Crippen LogP contribution in [0.15, 0.2) is 54.7 Å². The van der Waals surface area contributed by atoms with E-state index in [0.29, 0.717) is 12.1 Å². The molecule has 20 heavy (non-hydrogen) atoms. The maximum atomic E-state index is 13.5. The predicted molar refractivity (Wildman–Crippen MR) is 79.9 cm³/mol. The maximum Gasteiger partial charge on any atom is 0.127 e. The molecular weight excluding hydrogens is 251 g/mol. The van der Waals surface area contributed by atoms with E-state index >= 15 is 0 Å². The van der Waals surface area contributed by atoms with Crippen molar-refractivity contribution >= 4 is 10.9 Å². The molecule has 2 aromatic carbocycles. The van der Waals surface area contributed by atoms with Gasteiger partial charge in [0, 0.05) is 42.8 Å². The van der Waals surface area contributed by atoms with Gasteiger partial charge >= 0.3 is 0 Å². The zero-order valence-electron chi connectivity index (χ0n) is 11.4. The van der Waals surface area contributed by atoms with Crippen molar-refractivity contribution < 1.29 is 4.39 Å². The number of hydrogen-bond acceptors (Lipinski definition) is 1. The van der Waals surface area contributed by atoms with Crippen LogP contribution in [0.1, 0.15) is 11.1 Å². The van der Waals surface area contributed by atoms with Gasteiger partial charge in [0.2, 0.25) is 0 Å². The van der Waals surface area contributed by atoms with E-state index < -0.39 is 0 Å². The minimum atomic E-state index is -0.155. The third-order valence-electron chi connectivity index (χ3n) is 3.57. The van der Waals surface area contributed by atoms with Crippen molar-refractivity contribution in [1.82, 2.24) is 9.88 Å². The second kappa shape index (κ2) is 5.47. The van der Waals surface area contributed by atoms with Crippen LogP contribution in [0.5, 0.6) is 0 Å². The first-order valence-electron chi connectivity index (χ1n) is 6.73. The fourth-order valence-corrected chi connectivity index (χ4v) is 2.54. The maximum absolute atomic E-state index is 13.5. The van der Waals surface area contributed by atoms with Crippen LogP contribution >= 0.6 is 0 Å². The molecule has 0 unspecified atom stereocenters. The van der Waals surface area contributed by atoms with Crippen molar-refractivity contribution in [2.75, 3.05) is 0 Å². The highest BCUT2D eigenvalue weighted by molar-refractivity contribution is 5.83. The summed E-state index contributed by atoms with van der Waals surface area (Å²) in [6.07, 6.45) is 2.12. The topological polar surface area (TPSA) is 17.0 Å². The lowest BCUT2D eigenvalue weighted by atomic mass is 10.1. The van der Waals surface area contributed by atoms with E-state index in [0.717, 1.165) is 6.54 Å². The lowest BCUT2D eigenvalue weighted by molar-refractivity contribution is 0.588. The fraction of sp³-hybridized carbons (Fsp3) is 0.176. The highest BCUT2D eigenvalue weighted by atomic mass is 19.1. The summed E-state index contributed by atoms with van der Waals surface area (Å²) in [5, 5.41) is 4.56. The van der Waals surface area contributed by atoms with Crippen molar-refractivity contribution in [1.29, 1.82) is 0 Å². The summed E-state index contributed by atoms with van der Waals surface area (Å²) in [5.74, 6) is -0.155. The van der Waals surface area contributed by atoms with Gasteiger partial charge < -0.3 is 9.88 Å². The Hall–Kier alpha value is -2.13. The molecule has 0 saturated carbocycles. The Balaban J connectivity index is 1.73. The molecule has 1 N–H and O–H groups in total. The summed E-state index contributed by atoms with van der Waals surface area (Å²) < 4.78 is 15.6. The smallest absolute Gasteiger partial charge is 0.127 e. The third kappa shape index (κ3) is 2.45. The van der Waals surface area contributed by atoms with Gasteiger partial charge in [0.15, 0.2) is 0 Å². The van der Waals surface area contributed by atoms with E-state index in [1.165, 1.54) is 22.5 Å². The molecule has 102 valence electrons. The molecule has 3 aromatic rings. The molecule has 0 amide bonds. The van der Waals surface area contributed by atoms with E-state index in [9.17, 15) is 4.39 Å². The van der Waals surface area contributed by atoms with Gasteiger partial charge in [0.1, 0.15) is 5.82 Å². The Labute approximate surface area is 117 Å². The van der Waals surface area contributed by atoms with E-state index in [-0.39, 0.29) is 5.82 Å². The molecule has 0 bridgehead atoms. The van der Waals surface area contributed by atoms with Gasteiger partial charge in [-0.25, -0.2) is 4.39 Å². The molecule has 0 aliphatic heterocycles. The van der Waals surface area contributed by atoms with Crippen LogP contribution in [0.3, 0.4) is 0 Å². The van der Waals surface area contributed by atoms with E-state index in [1.807, 2.05) is 31.3 Å². The number of hydrogen-bond donors (Lipinski definition) is 1. The molecule has 0 aliphatic carbocycles. The van der Waals surface area contributed by atoms with Crippen LogP contribution < -0.4 is 5.32 Å². The van der Waals surface area contributed by atoms with Gasteiger partial charge in [-0.3, -0.25) is 0 Å². The molecule has 1 aromatic heterocycles. The summed E-state index contributed by atoms with van der Waals surface area (Å²) in [7, 11) is 2.04. The Bertz CT molecular complexity index is 731. The molecule has 0 fully saturated rings. The lowest BCUT2D eigenvalue weighted by Gasteiger charge is -2.05. The number of aryl methyl sites for hydroxylation is 1. The molecule has 2 nitrogen and oxygen atoms in total. The standard InChI is InChI=1S/C17H17FN2/c1-20-12-14(15-7-3-5-9-17(15)20)11-19-10-13-6-2-4-8-16(13)18/h2-9,12,19H,10-11H2,1H3. The molecule has 3 rings (SSSR count). The Kier molecular flexibility index (Phi) is 3.52. The highest BCUT2D eigenvalue weighted by Crippen LogP contribution is 2.20. The highest BCUT2D eigenvalue weighted by Gasteiger charge is 2.06. The quantitative estimate of drug-likeness (QED) is 0.765. The molecule has 1 heterocycles. The number of fused-ring (bicyclic) bond motifs is 1. The summed E-state index contributed by atoms with van der Waals surface area (Å²) in [6, 6.07) is 15.2. The summed E-state index contributed by atoms with van der Waals surface area (Å²) in [4.78, 5) is 0. The van der Waals surface area contributed by atoms with Gasteiger partial charge in [-0.15, -0.1) is 0 Å². The van der Waals surface area contributed by atoms with Gasteiger partial charge in [-0.05, 0) is 17.7 Å². The van der Waals surface area contributed by atoms with E-state index in [1.54, 1.807) is 6.07 Å². The van der Waals surface area contributed by atoms with Crippen LogP contribution in [0, 0.1) is 5.82 Å². The largest absolute Gasteiger partial charge is 0.350 e. The first-order chi connectivity index (χ1) is 9.75. The fourth-order valence-electron chi connectivity index (χ4n) is 2.54. The molecule has 0 aliphatic rings. The SMILES string of the molecule is Cn1cc(CNCc2ccccc2F)c2ccccc21. The van der Waals surface area contributed by atoms with Gasteiger partial charge in [0.05, 0.1) is 0 Å². The van der Waals surface area contributed by atoms with Crippen molar-refractivity contribution in [2.45, 2.75) is 13.1 Å². The first kappa shape index (κ1) is 12.9. The molecule has 0 radical (unpaired) electrons. The Morgan fingerprint density at radius 1 is 0.950 bits per heavy atom. The Morgan fingerprint density at radius 3 is 2.50 bits per heavy atom. The lowest BCUT2D eigenvalue weighted by Crippen LogP contribution is -2.13. The normalized spacial score (nSPS) is 11.1. The summed E-state index contributed by atoms with van der Waals surface area (Å²) >= 11 is 0. The number of nitrogens with zero attached hydrogens (tertiary/aromatic N) is 1. The second-order valence-corrected chi connectivity index (χ2v) is 4.98. The minimum Gasteiger partial charge on any atom is -0.350 e. The van der Waals surface area contributed by atoms with Crippen LogP contribution in [-0.2, 0) is 20.1 Å². The van der Waals surface area contributed by atoms with Gasteiger partial charge in [-0.2, -0.15) is 0 Å². The van der Waals surface area contributed by atoms with Crippen molar-refractivity contribution in [2.24, 2.45) is 7.05 Å². The number of halogens is 1. The van der Waals surface area contributed by atoms with Crippen molar-refractivity contribution in [3.63, 3.8) is 0 Å². The molecule has 0 saturated heterocycles. The molecule has 0 spiro atoms. The van der Waals surface area contributed by atoms with Gasteiger partial charge in [0.25, 0.3) is 0 Å². The minimum absolute atomic E-state index is 0.155. The van der Waals surface area contributed by atoms with Crippen molar-refractivity contribution in [3.05, 3.63) is 71.7 Å². The molecule has 0 atom stereocenters. The average Bonchev–Trinajstić information content (AvgIpc) is 2.78. The zero-order chi connectivity index (χ0) is 13.9. The summed E-state index contributed by atoms with van der Waals surface area (Å²) in [5.41, 5.74) is 3.15. The van der Waals surface area contributed by atoms with E-state index in [4.69, 9.17) is 0 Å². The molecular formula is C17H17FN2.